The number of nitrogens with zero attached hydrogens (tertiary/aromatic N) is 1. The second-order valence-electron chi connectivity index (χ2n) is 4.95. The van der Waals surface area contributed by atoms with E-state index in [1.807, 2.05) is 30.3 Å². The number of aliphatic carboxylic acids is 1. The van der Waals surface area contributed by atoms with E-state index in [0.717, 1.165) is 5.56 Å². The number of carboxylic acids is 1. The Morgan fingerprint density at radius 2 is 2.05 bits per heavy atom. The van der Waals surface area contributed by atoms with Crippen LogP contribution in [0.5, 0.6) is 0 Å². The maximum absolute atomic E-state index is 11.9. The van der Waals surface area contributed by atoms with E-state index >= 15 is 0 Å². The first-order valence-electron chi connectivity index (χ1n) is 6.67. The Hall–Kier alpha value is -2.63. The molecule has 0 aliphatic carbocycles. The van der Waals surface area contributed by atoms with E-state index in [0.29, 0.717) is 17.9 Å². The average molecular weight is 287 g/mol. The normalized spacial score (nSPS) is 11.9. The van der Waals surface area contributed by atoms with E-state index in [-0.39, 0.29) is 18.2 Å². The first-order valence-corrected chi connectivity index (χ1v) is 6.67. The zero-order valence-corrected chi connectivity index (χ0v) is 11.7. The highest BCUT2D eigenvalue weighted by molar-refractivity contribution is 5.93. The topological polar surface area (TPSA) is 95.1 Å². The molecule has 1 heterocycles. The van der Waals surface area contributed by atoms with E-state index in [1.54, 1.807) is 13.0 Å². The van der Waals surface area contributed by atoms with Crippen molar-refractivity contribution in [2.24, 2.45) is 5.92 Å². The Labute approximate surface area is 122 Å². The number of benzene rings is 1. The average Bonchev–Trinajstić information content (AvgIpc) is 2.95. The molecule has 1 amide bonds. The van der Waals surface area contributed by atoms with Gasteiger partial charge in [0.25, 0.3) is 5.91 Å². The summed E-state index contributed by atoms with van der Waals surface area (Å²) in [4.78, 5) is 22.5. The maximum Gasteiger partial charge on any atom is 0.303 e. The van der Waals surface area contributed by atoms with Gasteiger partial charge in [-0.15, -0.1) is 0 Å². The number of hydrogen-bond donors (Lipinski definition) is 3. The fourth-order valence-corrected chi connectivity index (χ4v) is 1.93. The molecule has 2 rings (SSSR count). The number of H-pyrrole nitrogens is 1. The van der Waals surface area contributed by atoms with E-state index in [9.17, 15) is 9.59 Å². The van der Waals surface area contributed by atoms with Crippen LogP contribution in [0.4, 0.5) is 0 Å². The number of carbonyl (C=O) groups excluding carboxylic acids is 1. The third-order valence-electron chi connectivity index (χ3n) is 3.03. The van der Waals surface area contributed by atoms with Gasteiger partial charge in [-0.1, -0.05) is 37.3 Å². The molecule has 1 atom stereocenters. The van der Waals surface area contributed by atoms with Crippen molar-refractivity contribution in [1.82, 2.24) is 15.5 Å². The lowest BCUT2D eigenvalue weighted by Crippen LogP contribution is -2.29. The molecule has 0 fully saturated rings. The Morgan fingerprint density at radius 3 is 2.71 bits per heavy atom. The fourth-order valence-electron chi connectivity index (χ4n) is 1.93. The Morgan fingerprint density at radius 1 is 1.33 bits per heavy atom. The molecule has 3 N–H and O–H groups in total. The van der Waals surface area contributed by atoms with E-state index < -0.39 is 5.97 Å². The van der Waals surface area contributed by atoms with E-state index in [4.69, 9.17) is 5.11 Å². The summed E-state index contributed by atoms with van der Waals surface area (Å²) >= 11 is 0. The number of hydrogen-bond acceptors (Lipinski definition) is 3. The summed E-state index contributed by atoms with van der Waals surface area (Å²) in [5.74, 6) is -1.28. The third kappa shape index (κ3) is 4.17. The van der Waals surface area contributed by atoms with Gasteiger partial charge in [0.2, 0.25) is 0 Å². The highest BCUT2D eigenvalue weighted by Gasteiger charge is 2.13. The van der Waals surface area contributed by atoms with Crippen LogP contribution < -0.4 is 5.32 Å². The lowest BCUT2D eigenvalue weighted by molar-refractivity contribution is -0.137. The molecular weight excluding hydrogens is 270 g/mol. The minimum atomic E-state index is -0.871. The van der Waals surface area contributed by atoms with Gasteiger partial charge < -0.3 is 10.4 Å². The van der Waals surface area contributed by atoms with E-state index in [1.165, 1.54) is 0 Å². The van der Waals surface area contributed by atoms with Crippen LogP contribution in [0.25, 0.3) is 11.3 Å². The Kier molecular flexibility index (Phi) is 4.71. The Balaban J connectivity index is 1.95. The van der Waals surface area contributed by atoms with Gasteiger partial charge in [-0.3, -0.25) is 14.7 Å². The number of aromatic nitrogens is 2. The molecule has 1 unspecified atom stereocenters. The van der Waals surface area contributed by atoms with Crippen LogP contribution >= 0.6 is 0 Å². The van der Waals surface area contributed by atoms with Crippen molar-refractivity contribution in [1.29, 1.82) is 0 Å². The van der Waals surface area contributed by atoms with Crippen LogP contribution in [0.15, 0.2) is 36.4 Å². The van der Waals surface area contributed by atoms with Crippen molar-refractivity contribution < 1.29 is 14.7 Å². The third-order valence-corrected chi connectivity index (χ3v) is 3.03. The standard InChI is InChI=1S/C15H17N3O3/c1-10(7-14(19)20)9-16-15(21)13-8-12(17-18-13)11-5-3-2-4-6-11/h2-6,8,10H,7,9H2,1H3,(H,16,21)(H,17,18)(H,19,20). The van der Waals surface area contributed by atoms with Gasteiger partial charge in [0, 0.05) is 18.5 Å². The molecule has 1 aromatic heterocycles. The number of nitrogens with one attached hydrogen (secondary N) is 2. The zero-order valence-electron chi connectivity index (χ0n) is 11.7. The summed E-state index contributed by atoms with van der Waals surface area (Å²) in [6.07, 6.45) is 0.0263. The predicted molar refractivity (Wildman–Crippen MR) is 77.8 cm³/mol. The monoisotopic (exact) mass is 287 g/mol. The number of carboxylic acid groups (broad SMARTS) is 1. The fraction of sp³-hybridized carbons (Fsp3) is 0.267. The molecular formula is C15H17N3O3. The molecule has 0 saturated heterocycles. The molecule has 0 aliphatic heterocycles. The maximum atomic E-state index is 11.9. The molecule has 0 aliphatic rings. The van der Waals surface area contributed by atoms with Gasteiger partial charge in [0.1, 0.15) is 5.69 Å². The molecule has 0 spiro atoms. The molecule has 0 saturated carbocycles. The van der Waals surface area contributed by atoms with Crippen LogP contribution in [0, 0.1) is 5.92 Å². The minimum absolute atomic E-state index is 0.0263. The van der Waals surface area contributed by atoms with Crippen LogP contribution in [-0.4, -0.2) is 33.7 Å². The van der Waals surface area contributed by atoms with Gasteiger partial charge in [-0.25, -0.2) is 0 Å². The molecule has 1 aromatic carbocycles. The smallest absolute Gasteiger partial charge is 0.303 e. The van der Waals surface area contributed by atoms with Gasteiger partial charge in [0.15, 0.2) is 0 Å². The van der Waals surface area contributed by atoms with Gasteiger partial charge >= 0.3 is 5.97 Å². The number of amides is 1. The molecule has 6 heteroatoms. The lowest BCUT2D eigenvalue weighted by atomic mass is 10.1. The summed E-state index contributed by atoms with van der Waals surface area (Å²) in [5, 5.41) is 18.2. The summed E-state index contributed by atoms with van der Waals surface area (Å²) in [6.45, 7) is 2.08. The number of aromatic amines is 1. The van der Waals surface area contributed by atoms with Crippen molar-refractivity contribution in [3.63, 3.8) is 0 Å². The second-order valence-corrected chi connectivity index (χ2v) is 4.95. The van der Waals surface area contributed by atoms with Crippen molar-refractivity contribution in [3.8, 4) is 11.3 Å². The first-order chi connectivity index (χ1) is 10.1. The van der Waals surface area contributed by atoms with E-state index in [2.05, 4.69) is 15.5 Å². The van der Waals surface area contributed by atoms with Crippen LogP contribution in [0.3, 0.4) is 0 Å². The Bertz CT molecular complexity index is 622. The van der Waals surface area contributed by atoms with Crippen molar-refractivity contribution in [3.05, 3.63) is 42.1 Å². The molecule has 0 radical (unpaired) electrons. The molecule has 21 heavy (non-hydrogen) atoms. The van der Waals surface area contributed by atoms with Gasteiger partial charge in [-0.2, -0.15) is 5.10 Å². The largest absolute Gasteiger partial charge is 0.481 e. The predicted octanol–water partition coefficient (Wildman–Crippen LogP) is 1.92. The van der Waals surface area contributed by atoms with Crippen LogP contribution in [0.1, 0.15) is 23.8 Å². The van der Waals surface area contributed by atoms with Gasteiger partial charge in [-0.05, 0) is 12.0 Å². The SMILES string of the molecule is CC(CNC(=O)c1cc(-c2ccccc2)n[nH]1)CC(=O)O. The summed E-state index contributed by atoms with van der Waals surface area (Å²) < 4.78 is 0. The number of carbonyl (C=O) groups is 2. The summed E-state index contributed by atoms with van der Waals surface area (Å²) in [6, 6.07) is 11.2. The second kappa shape index (κ2) is 6.69. The summed E-state index contributed by atoms with van der Waals surface area (Å²) in [7, 11) is 0. The highest BCUT2D eigenvalue weighted by atomic mass is 16.4. The van der Waals surface area contributed by atoms with Crippen molar-refractivity contribution in [2.45, 2.75) is 13.3 Å². The lowest BCUT2D eigenvalue weighted by Gasteiger charge is -2.09. The quantitative estimate of drug-likeness (QED) is 0.756. The first kappa shape index (κ1) is 14.8. The zero-order chi connectivity index (χ0) is 15.2. The highest BCUT2D eigenvalue weighted by Crippen LogP contribution is 2.16. The molecule has 110 valence electrons. The molecule has 2 aromatic rings. The molecule has 6 nitrogen and oxygen atoms in total. The van der Waals surface area contributed by atoms with Crippen molar-refractivity contribution >= 4 is 11.9 Å². The van der Waals surface area contributed by atoms with Crippen LogP contribution in [-0.2, 0) is 4.79 Å². The van der Waals surface area contributed by atoms with Crippen molar-refractivity contribution in [2.75, 3.05) is 6.54 Å². The minimum Gasteiger partial charge on any atom is -0.481 e. The molecule has 0 bridgehead atoms. The number of rotatable bonds is 6. The van der Waals surface area contributed by atoms with Crippen LogP contribution in [0.2, 0.25) is 0 Å². The summed E-state index contributed by atoms with van der Waals surface area (Å²) in [5.41, 5.74) is 1.97. The van der Waals surface area contributed by atoms with Gasteiger partial charge in [0.05, 0.1) is 5.69 Å².